The zero-order valence-corrected chi connectivity index (χ0v) is 24.3. The first kappa shape index (κ1) is 28.9. The monoisotopic (exact) mass is 562 g/mol. The lowest BCUT2D eigenvalue weighted by molar-refractivity contribution is -0.0989. The quantitative estimate of drug-likeness (QED) is 0.326. The third-order valence-electron chi connectivity index (χ3n) is 8.25. The summed E-state index contributed by atoms with van der Waals surface area (Å²) in [4.78, 5) is 21.0. The minimum absolute atomic E-state index is 0.0405. The van der Waals surface area contributed by atoms with Crippen molar-refractivity contribution < 1.29 is 14.6 Å². The molecule has 1 aliphatic heterocycles. The van der Waals surface area contributed by atoms with E-state index in [0.29, 0.717) is 31.9 Å². The summed E-state index contributed by atoms with van der Waals surface area (Å²) in [5.41, 5.74) is 2.39. The number of aromatic nitrogens is 2. The molecule has 1 aromatic heterocycles. The van der Waals surface area contributed by atoms with Gasteiger partial charge in [-0.3, -0.25) is 4.79 Å². The Bertz CT molecular complexity index is 1220. The molecule has 3 aromatic rings. The summed E-state index contributed by atoms with van der Waals surface area (Å²) in [6.07, 6.45) is 9.10. The second kappa shape index (κ2) is 13.8. The first-order valence-electron chi connectivity index (χ1n) is 14.6. The lowest BCUT2D eigenvalue weighted by Crippen LogP contribution is -2.54. The van der Waals surface area contributed by atoms with E-state index < -0.39 is 5.60 Å². The zero-order chi connectivity index (χ0) is 27.8. The predicted octanol–water partition coefficient (Wildman–Crippen LogP) is 4.82. The number of hydrogen-bond donors (Lipinski definition) is 2. The van der Waals surface area contributed by atoms with Crippen LogP contribution in [0.2, 0.25) is 0 Å². The van der Waals surface area contributed by atoms with Gasteiger partial charge in [-0.25, -0.2) is 4.98 Å². The van der Waals surface area contributed by atoms with Gasteiger partial charge in [-0.05, 0) is 43.3 Å². The largest absolute Gasteiger partial charge is 0.385 e. The molecule has 2 fully saturated rings. The average Bonchev–Trinajstić information content (AvgIpc) is 3.43. The maximum atomic E-state index is 14.3. The molecule has 2 aliphatic rings. The summed E-state index contributed by atoms with van der Waals surface area (Å²) in [6.45, 7) is 3.07. The van der Waals surface area contributed by atoms with Crippen LogP contribution in [0.1, 0.15) is 54.2 Å². The highest BCUT2D eigenvalue weighted by molar-refractivity contribution is 7.98. The number of ether oxygens (including phenoxy) is 1. The van der Waals surface area contributed by atoms with E-state index in [2.05, 4.69) is 28.3 Å². The summed E-state index contributed by atoms with van der Waals surface area (Å²) in [7, 11) is 0. The highest BCUT2D eigenvalue weighted by Crippen LogP contribution is 2.41. The number of piperazine rings is 1. The van der Waals surface area contributed by atoms with Gasteiger partial charge in [0.15, 0.2) is 5.69 Å². The van der Waals surface area contributed by atoms with E-state index in [1.54, 1.807) is 18.1 Å². The van der Waals surface area contributed by atoms with Gasteiger partial charge in [0.05, 0.1) is 24.7 Å². The minimum atomic E-state index is -1.01. The van der Waals surface area contributed by atoms with Crippen LogP contribution in [0.5, 0.6) is 0 Å². The summed E-state index contributed by atoms with van der Waals surface area (Å²) in [6, 6.07) is 20.2. The normalized spacial score (nSPS) is 23.3. The topological polar surface area (TPSA) is 79.6 Å². The predicted molar refractivity (Wildman–Crippen MR) is 162 cm³/mol. The van der Waals surface area contributed by atoms with Crippen molar-refractivity contribution in [2.75, 3.05) is 44.9 Å². The minimum Gasteiger partial charge on any atom is -0.385 e. The smallest absolute Gasteiger partial charge is 0.275 e. The molecule has 0 radical (unpaired) electrons. The molecule has 1 saturated carbocycles. The van der Waals surface area contributed by atoms with Crippen molar-refractivity contribution in [3.05, 3.63) is 78.2 Å². The number of nitrogens with zero attached hydrogens (tertiary/aromatic N) is 3. The second-order valence-corrected chi connectivity index (χ2v) is 12.0. The molecule has 1 aliphatic carbocycles. The van der Waals surface area contributed by atoms with E-state index in [-0.39, 0.29) is 18.0 Å². The summed E-state index contributed by atoms with van der Waals surface area (Å²) >= 11 is 1.81. The molecule has 2 aromatic carbocycles. The third kappa shape index (κ3) is 6.62. The van der Waals surface area contributed by atoms with Crippen molar-refractivity contribution in [1.29, 1.82) is 0 Å². The molecule has 7 nitrogen and oxygen atoms in total. The number of benzene rings is 2. The lowest BCUT2D eigenvalue weighted by Gasteiger charge is -2.41. The molecule has 0 bridgehead atoms. The van der Waals surface area contributed by atoms with Gasteiger partial charge in [-0.1, -0.05) is 73.5 Å². The van der Waals surface area contributed by atoms with Gasteiger partial charge in [0.1, 0.15) is 5.60 Å². The Balaban J connectivity index is 1.46. The van der Waals surface area contributed by atoms with E-state index in [1.165, 1.54) is 5.56 Å². The summed E-state index contributed by atoms with van der Waals surface area (Å²) in [5.74, 6) is 0.997. The molecule has 2 N–H and O–H groups in total. The van der Waals surface area contributed by atoms with E-state index in [9.17, 15) is 9.90 Å². The fraction of sp³-hybridized carbons (Fsp3) is 0.500. The highest BCUT2D eigenvalue weighted by atomic mass is 32.2. The van der Waals surface area contributed by atoms with Crippen LogP contribution in [0, 0.1) is 0 Å². The Morgan fingerprint density at radius 2 is 1.93 bits per heavy atom. The van der Waals surface area contributed by atoms with Gasteiger partial charge < -0.3 is 24.6 Å². The maximum absolute atomic E-state index is 14.3. The highest BCUT2D eigenvalue weighted by Gasteiger charge is 2.42. The van der Waals surface area contributed by atoms with Gasteiger partial charge in [0.25, 0.3) is 5.91 Å². The van der Waals surface area contributed by atoms with Gasteiger partial charge in [0, 0.05) is 37.8 Å². The number of aliphatic hydroxyl groups is 1. The third-order valence-corrected chi connectivity index (χ3v) is 8.95. The van der Waals surface area contributed by atoms with Gasteiger partial charge >= 0.3 is 0 Å². The van der Waals surface area contributed by atoms with Crippen LogP contribution in [0.3, 0.4) is 0 Å². The number of amides is 1. The number of carbonyl (C=O) groups excluding carboxylic acids is 1. The Labute approximate surface area is 242 Å². The molecule has 1 amide bonds. The van der Waals surface area contributed by atoms with E-state index in [1.807, 2.05) is 53.4 Å². The zero-order valence-electron chi connectivity index (χ0n) is 23.5. The van der Waals surface area contributed by atoms with Crippen LogP contribution in [0.25, 0.3) is 11.3 Å². The number of carbonyl (C=O) groups is 1. The average molecular weight is 563 g/mol. The van der Waals surface area contributed by atoms with Crippen LogP contribution in [-0.2, 0) is 11.2 Å². The molecule has 40 heavy (non-hydrogen) atoms. The first-order valence-corrected chi connectivity index (χ1v) is 16.0. The van der Waals surface area contributed by atoms with E-state index in [4.69, 9.17) is 9.72 Å². The Hall–Kier alpha value is -2.65. The van der Waals surface area contributed by atoms with Crippen molar-refractivity contribution in [3.8, 4) is 11.3 Å². The number of rotatable bonds is 11. The van der Waals surface area contributed by atoms with Gasteiger partial charge in [-0.2, -0.15) is 11.8 Å². The molecular weight excluding hydrogens is 520 g/mol. The molecule has 5 rings (SSSR count). The number of imidazole rings is 1. The molecule has 2 unspecified atom stereocenters. The van der Waals surface area contributed by atoms with Crippen molar-refractivity contribution >= 4 is 17.7 Å². The van der Waals surface area contributed by atoms with Crippen molar-refractivity contribution in [2.45, 2.75) is 56.2 Å². The molecule has 2 heterocycles. The Morgan fingerprint density at radius 1 is 1.15 bits per heavy atom. The van der Waals surface area contributed by atoms with Crippen molar-refractivity contribution in [1.82, 2.24) is 19.8 Å². The number of nitrogens with one attached hydrogen (secondary N) is 1. The fourth-order valence-electron chi connectivity index (χ4n) is 6.19. The second-order valence-electron chi connectivity index (χ2n) is 11.0. The number of thioether (sulfide) groups is 1. The van der Waals surface area contributed by atoms with Crippen LogP contribution >= 0.6 is 11.8 Å². The van der Waals surface area contributed by atoms with E-state index in [0.717, 1.165) is 62.2 Å². The Morgan fingerprint density at radius 3 is 2.70 bits per heavy atom. The molecule has 0 spiro atoms. The van der Waals surface area contributed by atoms with E-state index >= 15 is 0 Å². The van der Waals surface area contributed by atoms with Crippen molar-refractivity contribution in [2.24, 2.45) is 0 Å². The fourth-order valence-corrected chi connectivity index (χ4v) is 6.60. The van der Waals surface area contributed by atoms with Crippen LogP contribution in [0.15, 0.2) is 67.0 Å². The van der Waals surface area contributed by atoms with Crippen LogP contribution in [-0.4, -0.2) is 82.0 Å². The number of hydrogen-bond acceptors (Lipinski definition) is 6. The standard InChI is InChI=1S/C32H42N4O3S/c1-40-20-10-19-39-23-32(38)16-9-8-15-28(32)36-24-34-29(30(36)26-13-6-3-7-14-26)31(37)35-18-17-33-22-27(35)21-25-11-4-2-5-12-25/h2-7,11-14,24,27-28,33,38H,8-10,15-23H2,1H3/t27-,28?,32?/m1/s1. The molecule has 1 saturated heterocycles. The molecular formula is C32H42N4O3S. The van der Waals surface area contributed by atoms with Gasteiger partial charge in [0.2, 0.25) is 0 Å². The summed E-state index contributed by atoms with van der Waals surface area (Å²) < 4.78 is 8.09. The first-order chi connectivity index (χ1) is 19.6. The molecule has 214 valence electrons. The van der Waals surface area contributed by atoms with Crippen LogP contribution < -0.4 is 5.32 Å². The SMILES string of the molecule is CSCCCOCC1(O)CCCCC1n1cnc(C(=O)N2CCNC[C@H]2Cc2ccccc2)c1-c1ccccc1. The van der Waals surface area contributed by atoms with Gasteiger partial charge in [-0.15, -0.1) is 0 Å². The van der Waals surface area contributed by atoms with Crippen molar-refractivity contribution in [3.63, 3.8) is 0 Å². The Kier molecular flexibility index (Phi) is 9.97. The molecule has 8 heteroatoms. The lowest BCUT2D eigenvalue weighted by atomic mass is 9.80. The maximum Gasteiger partial charge on any atom is 0.275 e. The summed E-state index contributed by atoms with van der Waals surface area (Å²) in [5, 5.41) is 15.4. The van der Waals surface area contributed by atoms with Crippen LogP contribution in [0.4, 0.5) is 0 Å². The molecule has 3 atom stereocenters.